The highest BCUT2D eigenvalue weighted by atomic mass is 32.1. The Hall–Kier alpha value is -1.07. The lowest BCUT2D eigenvalue weighted by Crippen LogP contribution is -2.31. The monoisotopic (exact) mass is 241 g/mol. The molecule has 1 unspecified atom stereocenters. The van der Waals surface area contributed by atoms with E-state index in [-0.39, 0.29) is 19.3 Å². The van der Waals surface area contributed by atoms with Gasteiger partial charge in [-0.25, -0.2) is 4.79 Å². The molecule has 2 N–H and O–H groups in total. The maximum atomic E-state index is 11.4. The largest absolute Gasteiger partial charge is 0.447 e. The van der Waals surface area contributed by atoms with Crippen LogP contribution in [0.5, 0.6) is 0 Å². The molecule has 2 rings (SSSR count). The maximum absolute atomic E-state index is 11.4. The maximum Gasteiger partial charge on any atom is 0.407 e. The van der Waals surface area contributed by atoms with Crippen LogP contribution in [0.2, 0.25) is 0 Å². The topological polar surface area (TPSA) is 58.6 Å². The summed E-state index contributed by atoms with van der Waals surface area (Å²) in [7, 11) is 0. The van der Waals surface area contributed by atoms with Crippen molar-refractivity contribution >= 4 is 17.4 Å². The van der Waals surface area contributed by atoms with Gasteiger partial charge in [0.15, 0.2) is 0 Å². The van der Waals surface area contributed by atoms with Crippen molar-refractivity contribution in [3.8, 4) is 0 Å². The molecular formula is C11H15NO3S. The summed E-state index contributed by atoms with van der Waals surface area (Å²) >= 11 is 1.74. The smallest absolute Gasteiger partial charge is 0.407 e. The van der Waals surface area contributed by atoms with Crippen molar-refractivity contribution in [2.75, 3.05) is 13.2 Å². The SMILES string of the molecule is O=C(NC1CCCc2sccc21)OCCO. The van der Waals surface area contributed by atoms with Crippen molar-refractivity contribution in [1.82, 2.24) is 5.32 Å². The number of fused-ring (bicyclic) bond motifs is 1. The van der Waals surface area contributed by atoms with Gasteiger partial charge < -0.3 is 15.2 Å². The van der Waals surface area contributed by atoms with Crippen molar-refractivity contribution in [3.63, 3.8) is 0 Å². The fraction of sp³-hybridized carbons (Fsp3) is 0.545. The number of carbonyl (C=O) groups is 1. The Morgan fingerprint density at radius 3 is 3.38 bits per heavy atom. The van der Waals surface area contributed by atoms with Crippen molar-refractivity contribution in [1.29, 1.82) is 0 Å². The Morgan fingerprint density at radius 1 is 1.69 bits per heavy atom. The lowest BCUT2D eigenvalue weighted by Gasteiger charge is -2.23. The van der Waals surface area contributed by atoms with E-state index in [4.69, 9.17) is 9.84 Å². The number of alkyl carbamates (subject to hydrolysis) is 1. The number of aryl methyl sites for hydroxylation is 1. The molecule has 88 valence electrons. The van der Waals surface area contributed by atoms with Crippen molar-refractivity contribution in [2.45, 2.75) is 25.3 Å². The normalized spacial score (nSPS) is 18.9. The molecule has 0 fully saturated rings. The molecule has 1 aliphatic carbocycles. The quantitative estimate of drug-likeness (QED) is 0.849. The molecule has 0 bridgehead atoms. The van der Waals surface area contributed by atoms with Gasteiger partial charge in [-0.2, -0.15) is 0 Å². The Labute approximate surface area is 98.2 Å². The summed E-state index contributed by atoms with van der Waals surface area (Å²) in [5.41, 5.74) is 1.22. The number of nitrogens with one attached hydrogen (secondary N) is 1. The minimum Gasteiger partial charge on any atom is -0.447 e. The molecule has 4 nitrogen and oxygen atoms in total. The number of ether oxygens (including phenoxy) is 1. The highest BCUT2D eigenvalue weighted by Crippen LogP contribution is 2.33. The average molecular weight is 241 g/mol. The van der Waals surface area contributed by atoms with Crippen LogP contribution in [0.4, 0.5) is 4.79 Å². The predicted octanol–water partition coefficient (Wildman–Crippen LogP) is 1.84. The molecule has 0 radical (unpaired) electrons. The number of hydrogen-bond donors (Lipinski definition) is 2. The van der Waals surface area contributed by atoms with Crippen LogP contribution in [-0.2, 0) is 11.2 Å². The van der Waals surface area contributed by atoms with E-state index in [9.17, 15) is 4.79 Å². The van der Waals surface area contributed by atoms with Crippen LogP contribution < -0.4 is 5.32 Å². The summed E-state index contributed by atoms with van der Waals surface area (Å²) in [5.74, 6) is 0. The van der Waals surface area contributed by atoms with E-state index in [0.717, 1.165) is 19.3 Å². The van der Waals surface area contributed by atoms with E-state index in [0.29, 0.717) is 0 Å². The minimum atomic E-state index is -0.446. The van der Waals surface area contributed by atoms with Gasteiger partial charge >= 0.3 is 6.09 Å². The molecule has 0 spiro atoms. The molecule has 16 heavy (non-hydrogen) atoms. The number of carbonyl (C=O) groups excluding carboxylic acids is 1. The first-order valence-corrected chi connectivity index (χ1v) is 6.29. The lowest BCUT2D eigenvalue weighted by molar-refractivity contribution is 0.115. The van der Waals surface area contributed by atoms with Gasteiger partial charge in [-0.05, 0) is 36.3 Å². The van der Waals surface area contributed by atoms with Gasteiger partial charge in [-0.15, -0.1) is 11.3 Å². The summed E-state index contributed by atoms with van der Waals surface area (Å²) in [6.45, 7) is -0.0865. The molecule has 1 aromatic rings. The number of rotatable bonds is 3. The van der Waals surface area contributed by atoms with Crippen LogP contribution in [-0.4, -0.2) is 24.4 Å². The van der Waals surface area contributed by atoms with Crippen LogP contribution in [0.15, 0.2) is 11.4 Å². The summed E-state index contributed by atoms with van der Waals surface area (Å²) in [5, 5.41) is 13.4. The first-order valence-electron chi connectivity index (χ1n) is 5.41. The highest BCUT2D eigenvalue weighted by Gasteiger charge is 2.22. The zero-order chi connectivity index (χ0) is 11.4. The lowest BCUT2D eigenvalue weighted by atomic mass is 9.94. The predicted molar refractivity (Wildman–Crippen MR) is 61.6 cm³/mol. The molecule has 0 aliphatic heterocycles. The number of aliphatic hydroxyl groups excluding tert-OH is 1. The molecule has 1 aromatic heterocycles. The molecule has 0 aromatic carbocycles. The highest BCUT2D eigenvalue weighted by molar-refractivity contribution is 7.10. The zero-order valence-corrected chi connectivity index (χ0v) is 9.76. The zero-order valence-electron chi connectivity index (χ0n) is 8.94. The van der Waals surface area contributed by atoms with E-state index in [2.05, 4.69) is 16.8 Å². The second kappa shape index (κ2) is 5.32. The molecule has 0 saturated carbocycles. The third-order valence-corrected chi connectivity index (χ3v) is 3.66. The summed E-state index contributed by atoms with van der Waals surface area (Å²) in [6, 6.07) is 2.14. The Morgan fingerprint density at radius 2 is 2.56 bits per heavy atom. The number of hydrogen-bond acceptors (Lipinski definition) is 4. The molecule has 1 amide bonds. The van der Waals surface area contributed by atoms with Crippen molar-refractivity contribution in [3.05, 3.63) is 21.9 Å². The van der Waals surface area contributed by atoms with Gasteiger partial charge in [0.2, 0.25) is 0 Å². The molecule has 5 heteroatoms. The van der Waals surface area contributed by atoms with E-state index in [1.54, 1.807) is 11.3 Å². The second-order valence-corrected chi connectivity index (χ2v) is 4.75. The van der Waals surface area contributed by atoms with E-state index in [1.165, 1.54) is 10.4 Å². The van der Waals surface area contributed by atoms with Crippen LogP contribution in [0.3, 0.4) is 0 Å². The van der Waals surface area contributed by atoms with Crippen LogP contribution >= 0.6 is 11.3 Å². The average Bonchev–Trinajstić information content (AvgIpc) is 2.75. The fourth-order valence-electron chi connectivity index (χ4n) is 1.96. The molecule has 1 atom stereocenters. The fourth-order valence-corrected chi connectivity index (χ4v) is 2.95. The third-order valence-electron chi connectivity index (χ3n) is 2.67. The van der Waals surface area contributed by atoms with Gasteiger partial charge in [-0.3, -0.25) is 0 Å². The molecular weight excluding hydrogens is 226 g/mol. The van der Waals surface area contributed by atoms with Gasteiger partial charge in [0.25, 0.3) is 0 Å². The van der Waals surface area contributed by atoms with Gasteiger partial charge in [0.05, 0.1) is 12.6 Å². The van der Waals surface area contributed by atoms with E-state index < -0.39 is 6.09 Å². The first-order chi connectivity index (χ1) is 7.81. The molecule has 1 aliphatic rings. The van der Waals surface area contributed by atoms with Crippen LogP contribution in [0.1, 0.15) is 29.3 Å². The molecule has 0 saturated heterocycles. The van der Waals surface area contributed by atoms with Crippen molar-refractivity contribution in [2.24, 2.45) is 0 Å². The summed E-state index contributed by atoms with van der Waals surface area (Å²) in [4.78, 5) is 12.7. The summed E-state index contributed by atoms with van der Waals surface area (Å²) < 4.78 is 4.79. The van der Waals surface area contributed by atoms with Crippen LogP contribution in [0.25, 0.3) is 0 Å². The second-order valence-electron chi connectivity index (χ2n) is 3.75. The summed E-state index contributed by atoms with van der Waals surface area (Å²) in [6.07, 6.45) is 2.71. The van der Waals surface area contributed by atoms with Crippen LogP contribution in [0, 0.1) is 0 Å². The van der Waals surface area contributed by atoms with E-state index >= 15 is 0 Å². The minimum absolute atomic E-state index is 0.0506. The number of thiophene rings is 1. The Kier molecular flexibility index (Phi) is 3.79. The van der Waals surface area contributed by atoms with Gasteiger partial charge in [0, 0.05) is 4.88 Å². The Bertz CT molecular complexity index is 364. The Balaban J connectivity index is 1.94. The van der Waals surface area contributed by atoms with Gasteiger partial charge in [0.1, 0.15) is 6.61 Å². The molecule has 1 heterocycles. The number of amides is 1. The van der Waals surface area contributed by atoms with E-state index in [1.807, 2.05) is 0 Å². The number of aliphatic hydroxyl groups is 1. The first kappa shape index (κ1) is 11.4. The standard InChI is InChI=1S/C11H15NO3S/c13-5-6-15-11(14)12-9-2-1-3-10-8(9)4-7-16-10/h4,7,9,13H,1-3,5-6H2,(H,12,14). The van der Waals surface area contributed by atoms with Gasteiger partial charge in [-0.1, -0.05) is 0 Å². The van der Waals surface area contributed by atoms with Crippen molar-refractivity contribution < 1.29 is 14.6 Å². The third kappa shape index (κ3) is 2.54.